The van der Waals surface area contributed by atoms with Crippen molar-refractivity contribution in [3.05, 3.63) is 252 Å². The van der Waals surface area contributed by atoms with Gasteiger partial charge in [-0.1, -0.05) is 92.8 Å². The van der Waals surface area contributed by atoms with Gasteiger partial charge in [-0.15, -0.1) is 0 Å². The van der Waals surface area contributed by atoms with Gasteiger partial charge in [0, 0.05) is 163 Å². The Morgan fingerprint density at radius 3 is 0.658 bits per heavy atom. The van der Waals surface area contributed by atoms with Gasteiger partial charge in [-0.25, -0.2) is 70.1 Å². The average Bonchev–Trinajstić information content (AvgIpc) is 1.69. The Hall–Kier alpha value is -7.48. The number of amides is 4. The van der Waals surface area contributed by atoms with Crippen LogP contribution < -0.4 is 37.8 Å². The molecule has 8 aromatic carbocycles. The van der Waals surface area contributed by atoms with Crippen molar-refractivity contribution in [3.63, 3.8) is 0 Å². The summed E-state index contributed by atoms with van der Waals surface area (Å²) in [6, 6.07) is 35.0. The number of nitrogens with zero attached hydrogens (tertiary/aromatic N) is 4. The highest BCUT2D eigenvalue weighted by atomic mass is 35.5. The largest absolute Gasteiger partial charge is 0.493 e. The number of carbonyl (C=O) groups excluding carboxylic acids is 4. The third kappa shape index (κ3) is 32.3. The van der Waals surface area contributed by atoms with Crippen molar-refractivity contribution in [2.75, 3.05) is 76.6 Å². The lowest BCUT2D eigenvalue weighted by molar-refractivity contribution is 0.0583. The van der Waals surface area contributed by atoms with Crippen molar-refractivity contribution < 1.29 is 89.4 Å². The lowest BCUT2D eigenvalue weighted by Crippen LogP contribution is -2.44. The van der Waals surface area contributed by atoms with E-state index in [1.54, 1.807) is 24.3 Å². The lowest BCUT2D eigenvalue weighted by Gasteiger charge is -2.42. The van der Waals surface area contributed by atoms with Crippen LogP contribution in [0.3, 0.4) is 0 Å². The van der Waals surface area contributed by atoms with E-state index in [4.69, 9.17) is 112 Å². The van der Waals surface area contributed by atoms with E-state index in [1.165, 1.54) is 62.4 Å². The fourth-order valence-electron chi connectivity index (χ4n) is 19.7. The van der Waals surface area contributed by atoms with Crippen molar-refractivity contribution in [2.45, 2.75) is 244 Å². The van der Waals surface area contributed by atoms with Crippen LogP contribution in [0, 0.1) is 46.9 Å². The maximum Gasteiger partial charge on any atom is 0.267 e. The number of piperidine rings is 4. The quantitative estimate of drug-likeness (QED) is 0.0272. The van der Waals surface area contributed by atoms with Crippen LogP contribution in [0.5, 0.6) is 23.0 Å². The van der Waals surface area contributed by atoms with Crippen LogP contribution in [-0.4, -0.2) is 178 Å². The van der Waals surface area contributed by atoms with Gasteiger partial charge in [0.05, 0.1) is 72.7 Å². The molecule has 8 aliphatic rings. The molecule has 4 amide bonds. The number of nitrogens with one attached hydrogen (secondary N) is 4. The molecule has 0 aromatic heterocycles. The molecule has 4 aliphatic heterocycles. The molecule has 8 aromatic rings. The first kappa shape index (κ1) is 116. The number of halogens is 12. The summed E-state index contributed by atoms with van der Waals surface area (Å²) in [7, 11) is -15.2. The maximum absolute atomic E-state index is 14.9. The predicted octanol–water partition coefficient (Wildman–Crippen LogP) is 24.5. The number of sulfonamides is 4. The third-order valence-corrected chi connectivity index (χ3v) is 34.1. The van der Waals surface area contributed by atoms with E-state index in [0.717, 1.165) is 186 Å². The Bertz CT molecular complexity index is 6130. The normalized spacial score (nSPS) is 21.6. The van der Waals surface area contributed by atoms with Gasteiger partial charge in [-0.2, -0.15) is 0 Å². The Labute approximate surface area is 895 Å². The lowest BCUT2D eigenvalue weighted by atomic mass is 9.91. The van der Waals surface area contributed by atoms with E-state index in [0.29, 0.717) is 114 Å². The molecule has 40 heteroatoms. The van der Waals surface area contributed by atoms with Crippen molar-refractivity contribution in [2.24, 2.45) is 23.7 Å². The van der Waals surface area contributed by atoms with Gasteiger partial charge in [-0.05, 0) is 337 Å². The van der Waals surface area contributed by atoms with Crippen LogP contribution >= 0.6 is 92.8 Å². The van der Waals surface area contributed by atoms with Gasteiger partial charge in [0.1, 0.15) is 46.3 Å². The highest BCUT2D eigenvalue weighted by molar-refractivity contribution is 7.90. The molecular weight excluding hydrogens is 2130 g/mol. The minimum absolute atomic E-state index is 0.116. The summed E-state index contributed by atoms with van der Waals surface area (Å²) < 4.78 is 184. The first-order valence-corrected chi connectivity index (χ1v) is 59.7. The van der Waals surface area contributed by atoms with E-state index in [1.807, 2.05) is 67.4 Å². The van der Waals surface area contributed by atoms with Crippen LogP contribution in [0.4, 0.5) is 17.6 Å². The summed E-state index contributed by atoms with van der Waals surface area (Å²) in [4.78, 5) is 59.2. The molecule has 8 fully saturated rings. The molecule has 24 nitrogen and oxygen atoms in total. The average molecular weight is 2260 g/mol. The summed E-state index contributed by atoms with van der Waals surface area (Å²) >= 11 is 49.9. The number of ether oxygens (including phenoxy) is 4. The SMILES string of the molecule is CCS(=O)(=O)NC(=O)c1cc(C2CC2)c(OC[C@@H]2CC[C@@H](C)N([C@@H](C)c3cc(Cl)cc(Cl)c3)C2)cc1F.CCS(=O)(=O)NC(=O)c1cc(C2CC2)c(OC[C@@H]2CC[C@@H](C)N([C@H](C)c3cc(Cl)cc(Cl)c3)C2)cc1F.C[C@@H]1CC[C@@H](COc2cc(F)c(C(=O)NS(C)(=O)=O)cc2C2CC2)CN1[C@@H](C)c1cc(Cl)cc(Cl)c1.C[C@@H]1CC[C@@H](COc2cc(F)c(C(=O)NS(C)(=O)=O)cc2C2CC2)CN1[C@H](C)c1cc(Cl)cc(Cl)c1. The molecule has 4 heterocycles. The minimum atomic E-state index is -3.80. The zero-order chi connectivity index (χ0) is 106. The number of hydrogen-bond acceptors (Lipinski definition) is 20. The van der Waals surface area contributed by atoms with Crippen LogP contribution in [0.15, 0.2) is 121 Å². The smallest absolute Gasteiger partial charge is 0.267 e. The van der Waals surface area contributed by atoms with E-state index < -0.39 is 87.0 Å². The number of benzene rings is 8. The molecule has 16 rings (SSSR count). The van der Waals surface area contributed by atoms with Gasteiger partial charge in [-0.3, -0.25) is 38.8 Å². The van der Waals surface area contributed by atoms with Gasteiger partial charge in [0.15, 0.2) is 0 Å². The highest BCUT2D eigenvalue weighted by Gasteiger charge is 2.41. The maximum atomic E-state index is 14.9. The van der Waals surface area contributed by atoms with E-state index in [-0.39, 0.29) is 105 Å². The molecule has 4 aliphatic carbocycles. The molecule has 4 saturated carbocycles. The van der Waals surface area contributed by atoms with E-state index in [9.17, 15) is 70.4 Å². The monoisotopic (exact) mass is 2250 g/mol. The zero-order valence-corrected chi connectivity index (χ0v) is 93.0. The summed E-state index contributed by atoms with van der Waals surface area (Å²) in [6.45, 7) is 25.1. The first-order chi connectivity index (χ1) is 68.8. The van der Waals surface area contributed by atoms with Gasteiger partial charge in [0.25, 0.3) is 23.6 Å². The second-order valence-electron chi connectivity index (χ2n) is 40.4. The molecule has 0 spiro atoms. The van der Waals surface area contributed by atoms with Crippen molar-refractivity contribution in [3.8, 4) is 23.0 Å². The van der Waals surface area contributed by atoms with Crippen LogP contribution in [0.25, 0.3) is 0 Å². The standard InChI is InChI=1S/2C27H33Cl2FN2O4S.2C26H31Cl2FN2O4S/c2*1-4-37(34,35)31-27(33)24-12-23(19-7-8-19)26(13-25(24)30)36-15-18-6-5-16(2)32(14-18)17(3)20-9-21(28)11-22(29)10-20;2*1-15-4-5-17(13-31(15)16(2)19-8-20(27)10-21(28)9-19)14-35-25-12-24(29)23(11-22(25)18-6-7-18)26(32)30-36(3,33)34/h2*9-13,16-19H,4-8,14-15H2,1-3H3,(H,31,33);2*8-12,15-18H,4-7,13-14H2,1-3H3,(H,30,32)/t16-,17+,18-;16-,17-,18-;15-,16+,17-;15-,16-,17-/m1111/s1. The molecule has 12 atom stereocenters. The van der Waals surface area contributed by atoms with Gasteiger partial charge < -0.3 is 18.9 Å². The number of carbonyl (C=O) groups is 4. The molecule has 0 unspecified atom stereocenters. The first-order valence-electron chi connectivity index (χ1n) is 49.6. The summed E-state index contributed by atoms with van der Waals surface area (Å²) in [5.41, 5.74) is 6.09. The van der Waals surface area contributed by atoms with Gasteiger partial charge in [0.2, 0.25) is 40.1 Å². The highest BCUT2D eigenvalue weighted by Crippen LogP contribution is 2.51. The molecule has 796 valence electrons. The second kappa shape index (κ2) is 50.0. The Kier molecular flexibility index (Phi) is 39.6. The summed E-state index contributed by atoms with van der Waals surface area (Å²) in [5, 5.41) is 4.87. The molecular formula is C106H128Cl8F4N8O16S4. The molecule has 4 saturated heterocycles. The number of hydrogen-bond donors (Lipinski definition) is 4. The van der Waals surface area contributed by atoms with E-state index in [2.05, 4.69) is 75.0 Å². The van der Waals surface area contributed by atoms with Gasteiger partial charge >= 0.3 is 0 Å². The summed E-state index contributed by atoms with van der Waals surface area (Å²) in [5.74, 6) is -4.24. The Morgan fingerprint density at radius 1 is 0.301 bits per heavy atom. The van der Waals surface area contributed by atoms with Crippen LogP contribution in [0.2, 0.25) is 40.2 Å². The number of likely N-dealkylation sites (tertiary alicyclic amines) is 4. The number of rotatable bonds is 34. The van der Waals surface area contributed by atoms with Crippen molar-refractivity contribution >= 4 is 157 Å². The van der Waals surface area contributed by atoms with E-state index >= 15 is 0 Å². The third-order valence-electron chi connectivity index (χ3n) is 28.7. The summed E-state index contributed by atoms with van der Waals surface area (Å²) in [6.07, 6.45) is 17.0. The topological polar surface area (TPSA) is 303 Å². The molecule has 0 radical (unpaired) electrons. The Morgan fingerprint density at radius 2 is 0.486 bits per heavy atom. The van der Waals surface area contributed by atoms with Crippen molar-refractivity contribution in [1.29, 1.82) is 0 Å². The minimum Gasteiger partial charge on any atom is -0.493 e. The predicted molar refractivity (Wildman–Crippen MR) is 569 cm³/mol. The molecule has 146 heavy (non-hydrogen) atoms. The Balaban J connectivity index is 0.000000163. The van der Waals surface area contributed by atoms with Crippen molar-refractivity contribution in [1.82, 2.24) is 38.5 Å². The molecule has 0 bridgehead atoms. The van der Waals surface area contributed by atoms with Crippen LogP contribution in [0.1, 0.15) is 306 Å². The second-order valence-corrected chi connectivity index (χ2v) is 51.4. The molecule has 4 N–H and O–H groups in total. The fourth-order valence-corrected chi connectivity index (χ4v) is 23.9. The van der Waals surface area contributed by atoms with Crippen LogP contribution in [-0.2, 0) is 40.1 Å². The fraction of sp³-hybridized carbons (Fsp3) is 0.509. The zero-order valence-electron chi connectivity index (χ0n) is 83.7.